The molecule has 0 saturated heterocycles. The van der Waals surface area contributed by atoms with Crippen LogP contribution in [0.5, 0.6) is 0 Å². The minimum atomic E-state index is 0.677. The van der Waals surface area contributed by atoms with Crippen LogP contribution in [0.25, 0.3) is 0 Å². The van der Waals surface area contributed by atoms with Gasteiger partial charge in [-0.3, -0.25) is 0 Å². The molecule has 0 radical (unpaired) electrons. The van der Waals surface area contributed by atoms with Gasteiger partial charge < -0.3 is 4.57 Å². The van der Waals surface area contributed by atoms with E-state index in [1.54, 1.807) is 6.33 Å². The third-order valence-corrected chi connectivity index (χ3v) is 1.62. The molecular weight excluding hydrogens is 172 g/mol. The average molecular weight is 183 g/mol. The fourth-order valence-corrected chi connectivity index (χ4v) is 0.919. The van der Waals surface area contributed by atoms with Crippen molar-refractivity contribution in [3.63, 3.8) is 0 Å². The predicted octanol–water partition coefficient (Wildman–Crippen LogP) is 1.79. The van der Waals surface area contributed by atoms with Crippen LogP contribution in [0.1, 0.15) is 18.5 Å². The maximum Gasteiger partial charge on any atom is 0.131 e. The van der Waals surface area contributed by atoms with Gasteiger partial charge in [-0.2, -0.15) is 0 Å². The Morgan fingerprint density at radius 2 is 2.50 bits per heavy atom. The molecule has 0 saturated carbocycles. The van der Waals surface area contributed by atoms with E-state index >= 15 is 0 Å². The van der Waals surface area contributed by atoms with Crippen LogP contribution < -0.4 is 0 Å². The van der Waals surface area contributed by atoms with Gasteiger partial charge in [0, 0.05) is 25.5 Å². The minimum absolute atomic E-state index is 0.677. The molecule has 0 N–H and O–H groups in total. The van der Waals surface area contributed by atoms with Crippen LogP contribution in [-0.4, -0.2) is 15.4 Å². The van der Waals surface area contributed by atoms with Crippen molar-refractivity contribution in [2.24, 2.45) is 7.05 Å². The monoisotopic (exact) mass is 182 g/mol. The summed E-state index contributed by atoms with van der Waals surface area (Å²) >= 11 is 5.50. The van der Waals surface area contributed by atoms with Crippen LogP contribution in [0.15, 0.2) is 12.5 Å². The Morgan fingerprint density at radius 1 is 1.67 bits per heavy atom. The van der Waals surface area contributed by atoms with E-state index in [-0.39, 0.29) is 0 Å². The van der Waals surface area contributed by atoms with Gasteiger partial charge in [-0.25, -0.2) is 4.98 Å². The molecule has 3 heteroatoms. The van der Waals surface area contributed by atoms with Gasteiger partial charge in [0.2, 0.25) is 0 Å². The Morgan fingerprint density at radius 3 is 3.08 bits per heavy atom. The van der Waals surface area contributed by atoms with E-state index in [1.807, 2.05) is 17.8 Å². The Kier molecular flexibility index (Phi) is 3.69. The molecule has 0 fully saturated rings. The second-order valence-electron chi connectivity index (χ2n) is 2.52. The van der Waals surface area contributed by atoms with Gasteiger partial charge in [0.1, 0.15) is 5.69 Å². The third kappa shape index (κ3) is 2.98. The number of hydrogen-bond donors (Lipinski definition) is 0. The maximum absolute atomic E-state index is 5.50. The molecule has 0 aliphatic rings. The van der Waals surface area contributed by atoms with E-state index in [0.717, 1.165) is 18.5 Å². The molecule has 1 aromatic heterocycles. The van der Waals surface area contributed by atoms with Crippen molar-refractivity contribution in [3.05, 3.63) is 18.2 Å². The van der Waals surface area contributed by atoms with Crippen molar-refractivity contribution in [1.29, 1.82) is 0 Å². The molecule has 0 unspecified atom stereocenters. The van der Waals surface area contributed by atoms with Crippen LogP contribution >= 0.6 is 11.6 Å². The van der Waals surface area contributed by atoms with E-state index in [2.05, 4.69) is 16.8 Å². The Balaban J connectivity index is 2.43. The SMILES string of the molecule is Cn1cnc(C#CCCCCl)c1. The summed E-state index contributed by atoms with van der Waals surface area (Å²) in [6.45, 7) is 0. The summed E-state index contributed by atoms with van der Waals surface area (Å²) in [6.07, 6.45) is 5.43. The van der Waals surface area contributed by atoms with E-state index in [0.29, 0.717) is 5.88 Å². The number of unbranched alkanes of at least 4 members (excludes halogenated alkanes) is 1. The van der Waals surface area contributed by atoms with E-state index in [1.165, 1.54) is 0 Å². The van der Waals surface area contributed by atoms with Crippen molar-refractivity contribution in [1.82, 2.24) is 9.55 Å². The molecule has 12 heavy (non-hydrogen) atoms. The second kappa shape index (κ2) is 4.84. The molecule has 0 aliphatic carbocycles. The smallest absolute Gasteiger partial charge is 0.131 e. The molecule has 2 nitrogen and oxygen atoms in total. The normalized spacial score (nSPS) is 9.17. The fourth-order valence-electron chi connectivity index (χ4n) is 0.786. The first kappa shape index (κ1) is 9.15. The highest BCUT2D eigenvalue weighted by Crippen LogP contribution is 1.92. The molecule has 1 aromatic rings. The number of alkyl halides is 1. The number of imidazole rings is 1. The summed E-state index contributed by atoms with van der Waals surface area (Å²) in [7, 11) is 1.93. The summed E-state index contributed by atoms with van der Waals surface area (Å²) in [5.41, 5.74) is 0.826. The molecule has 0 atom stereocenters. The molecule has 0 aromatic carbocycles. The molecule has 0 spiro atoms. The minimum Gasteiger partial charge on any atom is -0.339 e. The Hall–Kier alpha value is -0.940. The lowest BCUT2D eigenvalue weighted by Crippen LogP contribution is -1.77. The lowest BCUT2D eigenvalue weighted by molar-refractivity contribution is 0.913. The van der Waals surface area contributed by atoms with Gasteiger partial charge in [-0.05, 0) is 12.3 Å². The van der Waals surface area contributed by atoms with Gasteiger partial charge in [0.15, 0.2) is 0 Å². The average Bonchev–Trinajstić information content (AvgIpc) is 2.45. The summed E-state index contributed by atoms with van der Waals surface area (Å²) in [5.74, 6) is 6.64. The van der Waals surface area contributed by atoms with Crippen molar-refractivity contribution < 1.29 is 0 Å². The first-order valence-electron chi connectivity index (χ1n) is 3.85. The number of halogens is 1. The first-order valence-corrected chi connectivity index (χ1v) is 4.39. The zero-order valence-electron chi connectivity index (χ0n) is 7.05. The lowest BCUT2D eigenvalue weighted by atomic mass is 10.3. The Labute approximate surface area is 77.6 Å². The first-order chi connectivity index (χ1) is 5.83. The van der Waals surface area contributed by atoms with E-state index in [9.17, 15) is 0 Å². The fraction of sp³-hybridized carbons (Fsp3) is 0.444. The van der Waals surface area contributed by atoms with Crippen molar-refractivity contribution in [3.8, 4) is 11.8 Å². The number of hydrogen-bond acceptors (Lipinski definition) is 1. The molecule has 0 amide bonds. The molecule has 1 rings (SSSR count). The molecule has 1 heterocycles. The number of aromatic nitrogens is 2. The summed E-state index contributed by atoms with van der Waals surface area (Å²) in [5, 5.41) is 0. The Bertz CT molecular complexity index is 293. The van der Waals surface area contributed by atoms with Crippen LogP contribution in [0, 0.1) is 11.8 Å². The van der Waals surface area contributed by atoms with Crippen molar-refractivity contribution in [2.75, 3.05) is 5.88 Å². The van der Waals surface area contributed by atoms with Gasteiger partial charge in [0.25, 0.3) is 0 Å². The molecule has 0 aliphatic heterocycles. The van der Waals surface area contributed by atoms with Crippen LogP contribution in [0.3, 0.4) is 0 Å². The van der Waals surface area contributed by atoms with Gasteiger partial charge in [-0.1, -0.05) is 5.92 Å². The highest BCUT2D eigenvalue weighted by molar-refractivity contribution is 6.17. The van der Waals surface area contributed by atoms with E-state index in [4.69, 9.17) is 11.6 Å². The highest BCUT2D eigenvalue weighted by atomic mass is 35.5. The topological polar surface area (TPSA) is 17.8 Å². The summed E-state index contributed by atoms with van der Waals surface area (Å²) in [4.78, 5) is 4.07. The molecular formula is C9H11ClN2. The van der Waals surface area contributed by atoms with Crippen molar-refractivity contribution in [2.45, 2.75) is 12.8 Å². The zero-order valence-corrected chi connectivity index (χ0v) is 7.80. The molecule has 64 valence electrons. The predicted molar refractivity (Wildman–Crippen MR) is 50.0 cm³/mol. The molecule has 0 bridgehead atoms. The lowest BCUT2D eigenvalue weighted by Gasteiger charge is -1.82. The number of nitrogens with zero attached hydrogens (tertiary/aromatic N) is 2. The van der Waals surface area contributed by atoms with Gasteiger partial charge >= 0.3 is 0 Å². The zero-order chi connectivity index (χ0) is 8.81. The largest absolute Gasteiger partial charge is 0.339 e. The van der Waals surface area contributed by atoms with Crippen LogP contribution in [0.2, 0.25) is 0 Å². The summed E-state index contributed by atoms with van der Waals surface area (Å²) in [6, 6.07) is 0. The number of rotatable bonds is 2. The quantitative estimate of drug-likeness (QED) is 0.388. The second-order valence-corrected chi connectivity index (χ2v) is 2.90. The summed E-state index contributed by atoms with van der Waals surface area (Å²) < 4.78 is 1.88. The standard InChI is InChI=1S/C9H11ClN2/c1-12-7-9(11-8-12)5-3-2-4-6-10/h7-8H,2,4,6H2,1H3. The van der Waals surface area contributed by atoms with Gasteiger partial charge in [0.05, 0.1) is 6.33 Å². The van der Waals surface area contributed by atoms with Crippen LogP contribution in [0.4, 0.5) is 0 Å². The van der Waals surface area contributed by atoms with Crippen LogP contribution in [-0.2, 0) is 7.05 Å². The maximum atomic E-state index is 5.50. The van der Waals surface area contributed by atoms with Crippen molar-refractivity contribution >= 4 is 11.6 Å². The third-order valence-electron chi connectivity index (χ3n) is 1.36. The van der Waals surface area contributed by atoms with E-state index < -0.39 is 0 Å². The van der Waals surface area contributed by atoms with Gasteiger partial charge in [-0.15, -0.1) is 11.6 Å². The number of aryl methyl sites for hydroxylation is 1. The highest BCUT2D eigenvalue weighted by Gasteiger charge is 1.88.